The van der Waals surface area contributed by atoms with Crippen molar-refractivity contribution in [2.45, 2.75) is 249 Å². The molecule has 0 amide bonds. The Labute approximate surface area is 274 Å². The van der Waals surface area contributed by atoms with E-state index in [2.05, 4.69) is 0 Å². The number of hydrogen-bond donors (Lipinski definition) is 5. The van der Waals surface area contributed by atoms with Crippen LogP contribution in [0.3, 0.4) is 0 Å². The number of aliphatic hydroxyl groups excluding tert-OH is 1. The lowest BCUT2D eigenvalue weighted by Crippen LogP contribution is -2.61. The average Bonchev–Trinajstić information content (AvgIpc) is 3.00. The molecular formula is C39H78O5. The van der Waals surface area contributed by atoms with Gasteiger partial charge in [-0.2, -0.15) is 0 Å². The smallest absolute Gasteiger partial charge is 0.245 e. The minimum Gasteiger partial charge on any atom is -0.387 e. The van der Waals surface area contributed by atoms with E-state index in [0.29, 0.717) is 12.8 Å². The standard InChI is InChI=1S/C39H78O5/c40-37-35-33-31-29-27-25-23-21-19-17-15-13-11-9-7-5-3-1-2-4-6-8-10-12-14-16-18-20-22-24-26-28-30-32-34-36-38(41,42)39(37,43)44/h37,40-44H,1-36H2. The minimum atomic E-state index is -2.90. The van der Waals surface area contributed by atoms with Gasteiger partial charge in [-0.25, -0.2) is 0 Å². The van der Waals surface area contributed by atoms with Crippen LogP contribution in [0.25, 0.3) is 0 Å². The lowest BCUT2D eigenvalue weighted by molar-refractivity contribution is -0.386. The fourth-order valence-corrected chi connectivity index (χ4v) is 7.02. The van der Waals surface area contributed by atoms with Gasteiger partial charge < -0.3 is 25.5 Å². The lowest BCUT2D eigenvalue weighted by Gasteiger charge is -2.38. The maximum absolute atomic E-state index is 10.4. The first-order valence-electron chi connectivity index (χ1n) is 20.0. The highest BCUT2D eigenvalue weighted by Gasteiger charge is 2.51. The Kier molecular flexibility index (Phi) is 27.5. The van der Waals surface area contributed by atoms with E-state index in [1.807, 2.05) is 0 Å². The average molecular weight is 627 g/mol. The second-order valence-electron chi connectivity index (χ2n) is 14.6. The molecule has 1 unspecified atom stereocenters. The summed E-state index contributed by atoms with van der Waals surface area (Å²) in [6.07, 6.45) is 41.6. The summed E-state index contributed by atoms with van der Waals surface area (Å²) in [5, 5.41) is 51.8. The third-order valence-corrected chi connectivity index (χ3v) is 10.3. The van der Waals surface area contributed by atoms with Gasteiger partial charge in [-0.05, 0) is 12.8 Å². The van der Waals surface area contributed by atoms with E-state index in [9.17, 15) is 25.5 Å². The van der Waals surface area contributed by atoms with Crippen molar-refractivity contribution in [3.8, 4) is 0 Å². The topological polar surface area (TPSA) is 101 Å². The van der Waals surface area contributed by atoms with Gasteiger partial charge in [-0.15, -0.1) is 0 Å². The van der Waals surface area contributed by atoms with E-state index in [0.717, 1.165) is 32.1 Å². The zero-order chi connectivity index (χ0) is 32.0. The SMILES string of the molecule is OC1CCCCCCCCCCCCCCCCCCCCCCCCCCCCCCCCCCCCC(O)(O)C1(O)O. The van der Waals surface area contributed by atoms with Crippen molar-refractivity contribution in [2.24, 2.45) is 0 Å². The van der Waals surface area contributed by atoms with Gasteiger partial charge >= 0.3 is 0 Å². The molecule has 44 heavy (non-hydrogen) atoms. The van der Waals surface area contributed by atoms with Gasteiger partial charge in [0, 0.05) is 6.42 Å². The molecule has 1 atom stereocenters. The van der Waals surface area contributed by atoms with Crippen LogP contribution >= 0.6 is 0 Å². The largest absolute Gasteiger partial charge is 0.387 e. The Morgan fingerprint density at radius 3 is 0.682 bits per heavy atom. The molecule has 1 aliphatic rings. The molecule has 5 N–H and O–H groups in total. The number of rotatable bonds is 0. The zero-order valence-electron chi connectivity index (χ0n) is 29.3. The van der Waals surface area contributed by atoms with Crippen LogP contribution in [-0.2, 0) is 0 Å². The maximum atomic E-state index is 10.4. The van der Waals surface area contributed by atoms with Gasteiger partial charge in [0.2, 0.25) is 11.6 Å². The molecule has 0 radical (unpaired) electrons. The predicted octanol–water partition coefficient (Wildman–Crippen LogP) is 10.8. The first-order chi connectivity index (χ1) is 21.4. The van der Waals surface area contributed by atoms with E-state index in [1.165, 1.54) is 173 Å². The Morgan fingerprint density at radius 1 is 0.273 bits per heavy atom. The van der Waals surface area contributed by atoms with Crippen LogP contribution in [0.15, 0.2) is 0 Å². The fraction of sp³-hybridized carbons (Fsp3) is 1.00. The van der Waals surface area contributed by atoms with E-state index < -0.39 is 17.7 Å². The second kappa shape index (κ2) is 29.0. The minimum absolute atomic E-state index is 0.142. The van der Waals surface area contributed by atoms with Crippen LogP contribution in [-0.4, -0.2) is 43.2 Å². The van der Waals surface area contributed by atoms with Crippen LogP contribution in [0.4, 0.5) is 0 Å². The maximum Gasteiger partial charge on any atom is 0.245 e. The highest BCUT2D eigenvalue weighted by molar-refractivity contribution is 4.88. The summed E-state index contributed by atoms with van der Waals surface area (Å²) in [6.45, 7) is 0. The molecule has 264 valence electrons. The molecule has 0 aliphatic heterocycles. The van der Waals surface area contributed by atoms with E-state index in [-0.39, 0.29) is 12.8 Å². The first-order valence-corrected chi connectivity index (χ1v) is 20.0. The van der Waals surface area contributed by atoms with Gasteiger partial charge in [0.1, 0.15) is 6.10 Å². The highest BCUT2D eigenvalue weighted by Crippen LogP contribution is 2.29. The van der Waals surface area contributed by atoms with Gasteiger partial charge in [-0.3, -0.25) is 0 Å². The zero-order valence-corrected chi connectivity index (χ0v) is 29.3. The van der Waals surface area contributed by atoms with Crippen LogP contribution < -0.4 is 0 Å². The van der Waals surface area contributed by atoms with Crippen molar-refractivity contribution < 1.29 is 25.5 Å². The van der Waals surface area contributed by atoms with Crippen LogP contribution in [0, 0.1) is 0 Å². The van der Waals surface area contributed by atoms with Gasteiger partial charge in [0.15, 0.2) is 0 Å². The predicted molar refractivity (Wildman–Crippen MR) is 187 cm³/mol. The van der Waals surface area contributed by atoms with Crippen molar-refractivity contribution in [2.75, 3.05) is 0 Å². The Balaban J connectivity index is 2.26. The molecule has 0 bridgehead atoms. The molecule has 0 aromatic heterocycles. The fourth-order valence-electron chi connectivity index (χ4n) is 7.02. The lowest BCUT2D eigenvalue weighted by atomic mass is 9.91. The number of aliphatic hydroxyl groups is 5. The van der Waals surface area contributed by atoms with Crippen LogP contribution in [0.5, 0.6) is 0 Å². The second-order valence-corrected chi connectivity index (χ2v) is 14.6. The molecule has 5 nitrogen and oxygen atoms in total. The molecule has 1 aliphatic carbocycles. The summed E-state index contributed by atoms with van der Waals surface area (Å²) < 4.78 is 0. The van der Waals surface area contributed by atoms with Gasteiger partial charge in [0.25, 0.3) is 0 Å². The Hall–Kier alpha value is -0.200. The van der Waals surface area contributed by atoms with Crippen molar-refractivity contribution in [3.63, 3.8) is 0 Å². The summed E-state index contributed by atoms with van der Waals surface area (Å²) in [4.78, 5) is 0. The third kappa shape index (κ3) is 23.2. The first kappa shape index (κ1) is 41.8. The molecule has 0 spiro atoms. The highest BCUT2D eigenvalue weighted by atomic mass is 16.6. The molecule has 0 saturated heterocycles. The molecular weight excluding hydrogens is 548 g/mol. The third-order valence-electron chi connectivity index (χ3n) is 10.3. The molecule has 1 fully saturated rings. The molecule has 5 heteroatoms. The van der Waals surface area contributed by atoms with Gasteiger partial charge in [0.05, 0.1) is 0 Å². The molecule has 0 aromatic rings. The van der Waals surface area contributed by atoms with Crippen LogP contribution in [0.2, 0.25) is 0 Å². The summed E-state index contributed by atoms with van der Waals surface area (Å²) in [6, 6.07) is 0. The summed E-state index contributed by atoms with van der Waals surface area (Å²) in [5.74, 6) is -5.60. The number of hydrogen-bond acceptors (Lipinski definition) is 5. The molecule has 1 saturated carbocycles. The molecule has 1 rings (SSSR count). The normalized spacial score (nSPS) is 26.8. The quantitative estimate of drug-likeness (QED) is 0.172. The summed E-state index contributed by atoms with van der Waals surface area (Å²) in [7, 11) is 0. The van der Waals surface area contributed by atoms with Crippen LogP contribution in [0.1, 0.15) is 231 Å². The van der Waals surface area contributed by atoms with Crippen molar-refractivity contribution in [1.29, 1.82) is 0 Å². The van der Waals surface area contributed by atoms with Crippen molar-refractivity contribution in [1.82, 2.24) is 0 Å². The van der Waals surface area contributed by atoms with Crippen molar-refractivity contribution in [3.05, 3.63) is 0 Å². The van der Waals surface area contributed by atoms with E-state index in [4.69, 9.17) is 0 Å². The monoisotopic (exact) mass is 627 g/mol. The van der Waals surface area contributed by atoms with Gasteiger partial charge in [-0.1, -0.05) is 212 Å². The molecule has 0 heterocycles. The molecule has 0 aromatic carbocycles. The Morgan fingerprint density at radius 2 is 0.455 bits per heavy atom. The summed E-state index contributed by atoms with van der Waals surface area (Å²) >= 11 is 0. The summed E-state index contributed by atoms with van der Waals surface area (Å²) in [5.41, 5.74) is 0. The van der Waals surface area contributed by atoms with E-state index >= 15 is 0 Å². The Bertz CT molecular complexity index is 593. The van der Waals surface area contributed by atoms with Crippen molar-refractivity contribution >= 4 is 0 Å². The van der Waals surface area contributed by atoms with E-state index in [1.54, 1.807) is 0 Å².